The van der Waals surface area contributed by atoms with Gasteiger partial charge in [-0.25, -0.2) is 4.79 Å². The number of anilines is 2. The maximum atomic E-state index is 12.4. The molecule has 1 aliphatic rings. The molecule has 0 saturated carbocycles. The topological polar surface area (TPSA) is 85.9 Å². The third-order valence-electron chi connectivity index (χ3n) is 3.58. The number of benzene rings is 2. The van der Waals surface area contributed by atoms with E-state index in [0.29, 0.717) is 41.7 Å². The van der Waals surface area contributed by atoms with Crippen LogP contribution >= 0.6 is 0 Å². The standard InChI is InChI=1S/C18H18N2O5/c1-23-18(22)20-14-6-4-13(5-7-14)19-17(21)12-3-8-15-16(11-12)25-10-2-9-24-15/h3-8,11H,2,9-10H2,1H3,(H,19,21)(H,20,22). The second-order valence-corrected chi connectivity index (χ2v) is 5.36. The summed E-state index contributed by atoms with van der Waals surface area (Å²) in [6.45, 7) is 1.16. The van der Waals surface area contributed by atoms with E-state index in [4.69, 9.17) is 9.47 Å². The number of fused-ring (bicyclic) bond motifs is 1. The Balaban J connectivity index is 1.67. The average Bonchev–Trinajstić information content (AvgIpc) is 2.87. The van der Waals surface area contributed by atoms with Crippen LogP contribution in [-0.4, -0.2) is 32.3 Å². The summed E-state index contributed by atoms with van der Waals surface area (Å²) in [5.41, 5.74) is 1.65. The monoisotopic (exact) mass is 342 g/mol. The Morgan fingerprint density at radius 2 is 1.56 bits per heavy atom. The van der Waals surface area contributed by atoms with E-state index < -0.39 is 6.09 Å². The van der Waals surface area contributed by atoms with E-state index in [1.807, 2.05) is 0 Å². The molecule has 2 N–H and O–H groups in total. The molecule has 25 heavy (non-hydrogen) atoms. The lowest BCUT2D eigenvalue weighted by atomic mass is 10.1. The number of carbonyl (C=O) groups is 2. The Morgan fingerprint density at radius 1 is 0.920 bits per heavy atom. The zero-order valence-corrected chi connectivity index (χ0v) is 13.7. The number of hydrogen-bond donors (Lipinski definition) is 2. The number of methoxy groups -OCH3 is 1. The van der Waals surface area contributed by atoms with Crippen molar-refractivity contribution < 1.29 is 23.8 Å². The minimum Gasteiger partial charge on any atom is -0.490 e. The van der Waals surface area contributed by atoms with Crippen LogP contribution in [0, 0.1) is 0 Å². The van der Waals surface area contributed by atoms with Crippen molar-refractivity contribution in [3.63, 3.8) is 0 Å². The van der Waals surface area contributed by atoms with Crippen molar-refractivity contribution in [2.45, 2.75) is 6.42 Å². The maximum Gasteiger partial charge on any atom is 0.411 e. The third-order valence-corrected chi connectivity index (χ3v) is 3.58. The van der Waals surface area contributed by atoms with Gasteiger partial charge in [0.05, 0.1) is 20.3 Å². The van der Waals surface area contributed by atoms with Crippen LogP contribution in [0.2, 0.25) is 0 Å². The van der Waals surface area contributed by atoms with Crippen molar-refractivity contribution in [3.8, 4) is 11.5 Å². The Morgan fingerprint density at radius 3 is 2.24 bits per heavy atom. The quantitative estimate of drug-likeness (QED) is 0.894. The molecule has 1 aliphatic heterocycles. The van der Waals surface area contributed by atoms with Gasteiger partial charge in [-0.1, -0.05) is 0 Å². The largest absolute Gasteiger partial charge is 0.490 e. The summed E-state index contributed by atoms with van der Waals surface area (Å²) in [5.74, 6) is 0.958. The van der Waals surface area contributed by atoms with Gasteiger partial charge in [-0.15, -0.1) is 0 Å². The van der Waals surface area contributed by atoms with E-state index in [-0.39, 0.29) is 5.91 Å². The van der Waals surface area contributed by atoms with Crippen molar-refractivity contribution in [2.24, 2.45) is 0 Å². The highest BCUT2D eigenvalue weighted by molar-refractivity contribution is 6.04. The van der Waals surface area contributed by atoms with E-state index in [2.05, 4.69) is 15.4 Å². The Labute approximate surface area is 144 Å². The molecule has 0 aliphatic carbocycles. The van der Waals surface area contributed by atoms with Gasteiger partial charge < -0.3 is 19.5 Å². The molecular formula is C18H18N2O5. The lowest BCUT2D eigenvalue weighted by Gasteiger charge is -2.10. The molecule has 7 heteroatoms. The zero-order valence-electron chi connectivity index (χ0n) is 13.7. The number of carbonyl (C=O) groups excluding carboxylic acids is 2. The van der Waals surface area contributed by atoms with E-state index in [1.54, 1.807) is 42.5 Å². The lowest BCUT2D eigenvalue weighted by molar-refractivity contribution is 0.102. The average molecular weight is 342 g/mol. The van der Waals surface area contributed by atoms with Crippen molar-refractivity contribution in [2.75, 3.05) is 31.0 Å². The number of hydrogen-bond acceptors (Lipinski definition) is 5. The molecule has 0 aromatic heterocycles. The number of nitrogens with one attached hydrogen (secondary N) is 2. The van der Waals surface area contributed by atoms with Crippen LogP contribution < -0.4 is 20.1 Å². The molecule has 0 fully saturated rings. The first-order chi connectivity index (χ1) is 12.2. The van der Waals surface area contributed by atoms with E-state index >= 15 is 0 Å². The maximum absolute atomic E-state index is 12.4. The highest BCUT2D eigenvalue weighted by Crippen LogP contribution is 2.30. The van der Waals surface area contributed by atoms with Gasteiger partial charge in [0.25, 0.3) is 5.91 Å². The highest BCUT2D eigenvalue weighted by Gasteiger charge is 2.14. The molecule has 0 saturated heterocycles. The second-order valence-electron chi connectivity index (χ2n) is 5.36. The summed E-state index contributed by atoms with van der Waals surface area (Å²) >= 11 is 0. The first-order valence-corrected chi connectivity index (χ1v) is 7.82. The normalized spacial score (nSPS) is 12.7. The smallest absolute Gasteiger partial charge is 0.411 e. The zero-order chi connectivity index (χ0) is 17.6. The Bertz CT molecular complexity index is 774. The minimum atomic E-state index is -0.552. The molecule has 0 radical (unpaired) electrons. The third kappa shape index (κ3) is 4.20. The molecule has 2 aromatic carbocycles. The van der Waals surface area contributed by atoms with Crippen LogP contribution in [0.1, 0.15) is 16.8 Å². The fourth-order valence-electron chi connectivity index (χ4n) is 2.31. The van der Waals surface area contributed by atoms with Crippen molar-refractivity contribution in [3.05, 3.63) is 48.0 Å². The molecule has 0 atom stereocenters. The van der Waals surface area contributed by atoms with Crippen LogP contribution in [0.25, 0.3) is 0 Å². The van der Waals surface area contributed by atoms with Crippen molar-refractivity contribution in [1.82, 2.24) is 0 Å². The van der Waals surface area contributed by atoms with E-state index in [0.717, 1.165) is 6.42 Å². The molecule has 0 unspecified atom stereocenters. The van der Waals surface area contributed by atoms with Gasteiger partial charge in [-0.2, -0.15) is 0 Å². The SMILES string of the molecule is COC(=O)Nc1ccc(NC(=O)c2ccc3c(c2)OCCCO3)cc1. The van der Waals surface area contributed by atoms with Crippen LogP contribution in [-0.2, 0) is 4.74 Å². The Kier molecular flexibility index (Phi) is 5.03. The highest BCUT2D eigenvalue weighted by atomic mass is 16.5. The van der Waals surface area contributed by atoms with Gasteiger partial charge in [-0.3, -0.25) is 10.1 Å². The summed E-state index contributed by atoms with van der Waals surface area (Å²) in [5, 5.41) is 5.34. The molecule has 1 heterocycles. The molecule has 2 amide bonds. The summed E-state index contributed by atoms with van der Waals surface area (Å²) in [7, 11) is 1.29. The van der Waals surface area contributed by atoms with Crippen molar-refractivity contribution in [1.29, 1.82) is 0 Å². The van der Waals surface area contributed by atoms with Crippen LogP contribution in [0.15, 0.2) is 42.5 Å². The molecule has 0 spiro atoms. The fraction of sp³-hybridized carbons (Fsp3) is 0.222. The minimum absolute atomic E-state index is 0.260. The number of ether oxygens (including phenoxy) is 3. The molecular weight excluding hydrogens is 324 g/mol. The predicted octanol–water partition coefficient (Wildman–Crippen LogP) is 3.28. The molecule has 7 nitrogen and oxygen atoms in total. The second kappa shape index (κ2) is 7.57. The first-order valence-electron chi connectivity index (χ1n) is 7.82. The van der Waals surface area contributed by atoms with Crippen LogP contribution in [0.5, 0.6) is 11.5 Å². The van der Waals surface area contributed by atoms with Gasteiger partial charge in [0.15, 0.2) is 11.5 Å². The van der Waals surface area contributed by atoms with Gasteiger partial charge >= 0.3 is 6.09 Å². The predicted molar refractivity (Wildman–Crippen MR) is 92.5 cm³/mol. The van der Waals surface area contributed by atoms with Crippen molar-refractivity contribution >= 4 is 23.4 Å². The van der Waals surface area contributed by atoms with Gasteiger partial charge in [-0.05, 0) is 42.5 Å². The summed E-state index contributed by atoms with van der Waals surface area (Å²) in [4.78, 5) is 23.5. The van der Waals surface area contributed by atoms with Crippen LogP contribution in [0.3, 0.4) is 0 Å². The summed E-state index contributed by atoms with van der Waals surface area (Å²) < 4.78 is 15.7. The van der Waals surface area contributed by atoms with Crippen LogP contribution in [0.4, 0.5) is 16.2 Å². The lowest BCUT2D eigenvalue weighted by Crippen LogP contribution is -2.13. The van der Waals surface area contributed by atoms with Gasteiger partial charge in [0, 0.05) is 23.4 Å². The first kappa shape index (κ1) is 16.6. The summed E-state index contributed by atoms with van der Waals surface area (Å²) in [6, 6.07) is 11.8. The molecule has 2 aromatic rings. The molecule has 130 valence electrons. The molecule has 3 rings (SSSR count). The van der Waals surface area contributed by atoms with Gasteiger partial charge in [0.2, 0.25) is 0 Å². The summed E-state index contributed by atoms with van der Waals surface area (Å²) in [6.07, 6.45) is 0.256. The van der Waals surface area contributed by atoms with E-state index in [1.165, 1.54) is 7.11 Å². The number of amides is 2. The molecule has 0 bridgehead atoms. The van der Waals surface area contributed by atoms with Gasteiger partial charge in [0.1, 0.15) is 0 Å². The van der Waals surface area contributed by atoms with E-state index in [9.17, 15) is 9.59 Å². The Hall–Kier alpha value is -3.22. The number of rotatable bonds is 3. The fourth-order valence-corrected chi connectivity index (χ4v) is 2.31.